The maximum Gasteiger partial charge on any atom is 0.179 e. The Bertz CT molecular complexity index is 341. The zero-order valence-electron chi connectivity index (χ0n) is 5.32. The van der Waals surface area contributed by atoms with E-state index in [1.54, 1.807) is 11.3 Å². The van der Waals surface area contributed by atoms with Gasteiger partial charge in [0.2, 0.25) is 0 Å². The van der Waals surface area contributed by atoms with Crippen molar-refractivity contribution in [2.45, 2.75) is 0 Å². The second-order valence-corrected chi connectivity index (χ2v) is 4.69. The molecule has 0 aliphatic heterocycles. The van der Waals surface area contributed by atoms with Gasteiger partial charge in [0.25, 0.3) is 0 Å². The Balaban J connectivity index is 2.45. The molecule has 0 saturated heterocycles. The Hall–Kier alpha value is -0.260. The van der Waals surface area contributed by atoms with E-state index in [9.17, 15) is 0 Å². The molecule has 0 spiro atoms. The fraction of sp³-hybridized carbons (Fsp3) is 0. The second-order valence-electron chi connectivity index (χ2n) is 1.88. The standard InChI is InChI=1S/C6H3BrN2S2/c7-6-8-5(9-11-6)4-1-2-10-3-4/h1-3H. The van der Waals surface area contributed by atoms with Gasteiger partial charge in [-0.1, -0.05) is 0 Å². The third-order valence-corrected chi connectivity index (χ3v) is 2.98. The van der Waals surface area contributed by atoms with E-state index in [-0.39, 0.29) is 0 Å². The molecule has 2 heterocycles. The summed E-state index contributed by atoms with van der Waals surface area (Å²) in [5.74, 6) is 0.808. The molecule has 0 fully saturated rings. The molecule has 0 amide bonds. The fourth-order valence-corrected chi connectivity index (χ4v) is 2.17. The van der Waals surface area contributed by atoms with Crippen molar-refractivity contribution in [1.29, 1.82) is 0 Å². The SMILES string of the molecule is Brc1nc(-c2ccsc2)ns1. The van der Waals surface area contributed by atoms with Crippen LogP contribution in [0.1, 0.15) is 0 Å². The molecule has 0 aliphatic rings. The van der Waals surface area contributed by atoms with Crippen LogP contribution in [0.4, 0.5) is 0 Å². The Morgan fingerprint density at radius 2 is 2.36 bits per heavy atom. The van der Waals surface area contributed by atoms with Gasteiger partial charge >= 0.3 is 0 Å². The van der Waals surface area contributed by atoms with Crippen LogP contribution < -0.4 is 0 Å². The van der Waals surface area contributed by atoms with Crippen LogP contribution in [-0.2, 0) is 0 Å². The maximum absolute atomic E-state index is 4.18. The molecule has 0 unspecified atom stereocenters. The van der Waals surface area contributed by atoms with Crippen LogP contribution in [0.3, 0.4) is 0 Å². The molecular formula is C6H3BrN2S2. The van der Waals surface area contributed by atoms with Crippen molar-refractivity contribution < 1.29 is 0 Å². The van der Waals surface area contributed by atoms with E-state index in [2.05, 4.69) is 25.3 Å². The molecule has 0 aromatic carbocycles. The van der Waals surface area contributed by atoms with Crippen molar-refractivity contribution in [1.82, 2.24) is 9.36 Å². The zero-order chi connectivity index (χ0) is 7.68. The lowest BCUT2D eigenvalue weighted by molar-refractivity contribution is 1.31. The topological polar surface area (TPSA) is 25.8 Å². The molecule has 0 atom stereocenters. The predicted octanol–water partition coefficient (Wildman–Crippen LogP) is 3.03. The van der Waals surface area contributed by atoms with Gasteiger partial charge in [0, 0.05) is 10.9 Å². The Labute approximate surface area is 80.2 Å². The summed E-state index contributed by atoms with van der Waals surface area (Å²) >= 11 is 6.28. The molecule has 0 saturated carbocycles. The highest BCUT2D eigenvalue weighted by Gasteiger charge is 2.03. The number of hydrogen-bond acceptors (Lipinski definition) is 4. The third-order valence-electron chi connectivity index (χ3n) is 1.18. The molecule has 2 aromatic rings. The Morgan fingerprint density at radius 3 is 2.91 bits per heavy atom. The smallest absolute Gasteiger partial charge is 0.179 e. The van der Waals surface area contributed by atoms with Gasteiger partial charge < -0.3 is 0 Å². The highest BCUT2D eigenvalue weighted by atomic mass is 79.9. The first kappa shape index (κ1) is 7.39. The molecule has 0 aliphatic carbocycles. The highest BCUT2D eigenvalue weighted by Crippen LogP contribution is 2.22. The summed E-state index contributed by atoms with van der Waals surface area (Å²) in [6, 6.07) is 2.01. The predicted molar refractivity (Wildman–Crippen MR) is 50.9 cm³/mol. The van der Waals surface area contributed by atoms with Crippen molar-refractivity contribution in [2.24, 2.45) is 0 Å². The number of aromatic nitrogens is 2. The van der Waals surface area contributed by atoms with Gasteiger partial charge in [-0.3, -0.25) is 0 Å². The fourth-order valence-electron chi connectivity index (χ4n) is 0.714. The summed E-state index contributed by atoms with van der Waals surface area (Å²) in [5, 5.41) is 4.05. The number of nitrogens with zero attached hydrogens (tertiary/aromatic N) is 2. The first-order chi connectivity index (χ1) is 5.36. The van der Waals surface area contributed by atoms with Gasteiger partial charge in [0.15, 0.2) is 9.74 Å². The minimum Gasteiger partial charge on any atom is -0.208 e. The van der Waals surface area contributed by atoms with E-state index in [4.69, 9.17) is 0 Å². The lowest BCUT2D eigenvalue weighted by Gasteiger charge is -1.82. The molecule has 2 nitrogen and oxygen atoms in total. The van der Waals surface area contributed by atoms with Crippen LogP contribution in [0.2, 0.25) is 0 Å². The number of rotatable bonds is 1. The van der Waals surface area contributed by atoms with Gasteiger partial charge in [-0.2, -0.15) is 15.7 Å². The zero-order valence-corrected chi connectivity index (χ0v) is 8.54. The van der Waals surface area contributed by atoms with Crippen LogP contribution in [0, 0.1) is 0 Å². The van der Waals surface area contributed by atoms with E-state index in [0.717, 1.165) is 15.3 Å². The molecule has 56 valence electrons. The van der Waals surface area contributed by atoms with E-state index in [1.165, 1.54) is 11.5 Å². The van der Waals surface area contributed by atoms with Crippen molar-refractivity contribution in [3.63, 3.8) is 0 Å². The second kappa shape index (κ2) is 3.00. The van der Waals surface area contributed by atoms with Crippen molar-refractivity contribution in [3.05, 3.63) is 20.7 Å². The van der Waals surface area contributed by atoms with E-state index >= 15 is 0 Å². The van der Waals surface area contributed by atoms with E-state index in [1.807, 2.05) is 16.8 Å². The quantitative estimate of drug-likeness (QED) is 0.774. The summed E-state index contributed by atoms with van der Waals surface area (Å²) < 4.78 is 4.98. The van der Waals surface area contributed by atoms with Crippen molar-refractivity contribution in [2.75, 3.05) is 0 Å². The lowest BCUT2D eigenvalue weighted by Crippen LogP contribution is -1.73. The number of thiophene rings is 1. The Morgan fingerprint density at radius 1 is 1.45 bits per heavy atom. The largest absolute Gasteiger partial charge is 0.208 e. The molecule has 5 heteroatoms. The van der Waals surface area contributed by atoms with Crippen LogP contribution in [0.5, 0.6) is 0 Å². The molecule has 0 radical (unpaired) electrons. The molecule has 2 rings (SSSR count). The summed E-state index contributed by atoms with van der Waals surface area (Å²) in [6.07, 6.45) is 0. The first-order valence-electron chi connectivity index (χ1n) is 2.88. The summed E-state index contributed by atoms with van der Waals surface area (Å²) in [5.41, 5.74) is 1.09. The third kappa shape index (κ3) is 1.50. The minimum absolute atomic E-state index is 0.808. The van der Waals surface area contributed by atoms with E-state index in [0.29, 0.717) is 0 Å². The summed E-state index contributed by atoms with van der Waals surface area (Å²) in [7, 11) is 0. The number of halogens is 1. The van der Waals surface area contributed by atoms with E-state index < -0.39 is 0 Å². The normalized spacial score (nSPS) is 10.3. The molecule has 0 N–H and O–H groups in total. The molecule has 2 aromatic heterocycles. The average Bonchev–Trinajstić information content (AvgIpc) is 2.55. The Kier molecular flexibility index (Phi) is 2.02. The van der Waals surface area contributed by atoms with Crippen LogP contribution >= 0.6 is 38.8 Å². The highest BCUT2D eigenvalue weighted by molar-refractivity contribution is 9.11. The van der Waals surface area contributed by atoms with Crippen LogP contribution in [-0.4, -0.2) is 9.36 Å². The molecule has 11 heavy (non-hydrogen) atoms. The maximum atomic E-state index is 4.18. The van der Waals surface area contributed by atoms with Gasteiger partial charge in [-0.25, -0.2) is 4.98 Å². The van der Waals surface area contributed by atoms with Gasteiger partial charge in [-0.15, -0.1) is 0 Å². The van der Waals surface area contributed by atoms with Gasteiger partial charge in [0.1, 0.15) is 0 Å². The van der Waals surface area contributed by atoms with Gasteiger partial charge in [-0.05, 0) is 38.9 Å². The number of hydrogen-bond donors (Lipinski definition) is 0. The molecule has 0 bridgehead atoms. The monoisotopic (exact) mass is 246 g/mol. The summed E-state index contributed by atoms with van der Waals surface area (Å²) in [6.45, 7) is 0. The summed E-state index contributed by atoms with van der Waals surface area (Å²) in [4.78, 5) is 4.18. The van der Waals surface area contributed by atoms with Crippen molar-refractivity contribution >= 4 is 38.8 Å². The van der Waals surface area contributed by atoms with Crippen LogP contribution in [0.15, 0.2) is 20.7 Å². The average molecular weight is 247 g/mol. The minimum atomic E-state index is 0.808. The van der Waals surface area contributed by atoms with Crippen LogP contribution in [0.25, 0.3) is 11.4 Å². The lowest BCUT2D eigenvalue weighted by atomic mass is 10.3. The van der Waals surface area contributed by atoms with Gasteiger partial charge in [0.05, 0.1) is 0 Å². The van der Waals surface area contributed by atoms with Crippen molar-refractivity contribution in [3.8, 4) is 11.4 Å². The molecular weight excluding hydrogens is 244 g/mol. The first-order valence-corrected chi connectivity index (χ1v) is 5.39.